The number of unbranched alkanes of at least 4 members (excludes halogenated alkanes) is 46. The average Bonchev–Trinajstić information content (AvgIpc) is 0.923. The van der Waals surface area contributed by atoms with Gasteiger partial charge in [-0.05, 0) is 83.5 Å². The van der Waals surface area contributed by atoms with E-state index in [2.05, 4.69) is 76.3 Å². The molecule has 0 bridgehead atoms. The summed E-state index contributed by atoms with van der Waals surface area (Å²) >= 11 is 0. The van der Waals surface area contributed by atoms with Gasteiger partial charge in [0.2, 0.25) is 0 Å². The number of rotatable bonds is 80. The van der Waals surface area contributed by atoms with E-state index in [4.69, 9.17) is 37.0 Å². The number of ether oxygens (including phenoxy) is 4. The van der Waals surface area contributed by atoms with Crippen LogP contribution >= 0.6 is 15.6 Å². The molecule has 598 valence electrons. The van der Waals surface area contributed by atoms with Crippen molar-refractivity contribution in [3.05, 3.63) is 48.6 Å². The lowest BCUT2D eigenvalue weighted by atomic mass is 10.0. The highest BCUT2D eigenvalue weighted by atomic mass is 31.2. The summed E-state index contributed by atoms with van der Waals surface area (Å²) in [5.74, 6) is -2.15. The number of aliphatic hydroxyl groups excluding tert-OH is 1. The first kappa shape index (κ1) is 99.0. The highest BCUT2D eigenvalue weighted by Gasteiger charge is 2.30. The van der Waals surface area contributed by atoms with Crippen molar-refractivity contribution < 1.29 is 80.2 Å². The molecule has 0 amide bonds. The van der Waals surface area contributed by atoms with Crippen molar-refractivity contribution in [2.75, 3.05) is 39.6 Å². The van der Waals surface area contributed by atoms with Crippen molar-refractivity contribution in [3.63, 3.8) is 0 Å². The van der Waals surface area contributed by atoms with Crippen LogP contribution in [0, 0.1) is 0 Å². The summed E-state index contributed by atoms with van der Waals surface area (Å²) in [4.78, 5) is 73.1. The molecular weight excluding hydrogens is 1330 g/mol. The Kier molecular flexibility index (Phi) is 74.0. The lowest BCUT2D eigenvalue weighted by Gasteiger charge is -2.21. The van der Waals surface area contributed by atoms with Gasteiger partial charge < -0.3 is 33.8 Å². The van der Waals surface area contributed by atoms with E-state index in [0.717, 1.165) is 148 Å². The number of hydrogen-bond acceptors (Lipinski definition) is 15. The van der Waals surface area contributed by atoms with Crippen LogP contribution in [0.15, 0.2) is 48.6 Å². The van der Waals surface area contributed by atoms with Gasteiger partial charge in [-0.3, -0.25) is 37.3 Å². The molecule has 0 heterocycles. The summed E-state index contributed by atoms with van der Waals surface area (Å²) in [5.41, 5.74) is 0. The molecule has 0 aromatic carbocycles. The number of phosphoric acid groups is 2. The van der Waals surface area contributed by atoms with Gasteiger partial charge in [0.15, 0.2) is 12.2 Å². The van der Waals surface area contributed by atoms with Crippen LogP contribution in [0.3, 0.4) is 0 Å². The molecule has 0 spiro atoms. The monoisotopic (exact) mass is 1490 g/mol. The molecule has 0 rings (SSSR count). The maximum atomic E-state index is 13.1. The molecule has 5 unspecified atom stereocenters. The second-order valence-corrected chi connectivity index (χ2v) is 31.3. The predicted molar refractivity (Wildman–Crippen MR) is 418 cm³/mol. The Morgan fingerprint density at radius 2 is 0.510 bits per heavy atom. The van der Waals surface area contributed by atoms with Gasteiger partial charge in [-0.1, -0.05) is 340 Å². The Morgan fingerprint density at radius 3 is 0.794 bits per heavy atom. The number of aliphatic hydroxyl groups is 1. The standard InChI is InChI=1S/C83H154O17P2/c1-5-9-13-17-21-25-29-33-37-38-42-44-48-52-56-60-64-68-81(86)94-74-79(100-83(88)70-66-62-58-54-50-46-41-36-32-28-24-20-16-12-8-4)76-98-102(91,92)96-72-77(84)71-95-101(89,90)97-75-78(99-82(87)69-65-61-57-53-49-45-40-35-31-27-23-19-15-11-7-3)73-93-80(85)67-63-59-55-51-47-43-39-34-30-26-22-18-14-10-6-2/h9,13,21,25,33,36-37,41,77-79,84H,5-8,10-12,14-20,22-24,26-32,34-35,38-40,42-76H2,1-4H3,(H,89,90)(H,91,92)/b13-9-,25-21-,37-33-,41-36-. The molecule has 102 heavy (non-hydrogen) atoms. The number of carbonyl (C=O) groups excluding carboxylic acids is 4. The van der Waals surface area contributed by atoms with Crippen molar-refractivity contribution in [2.24, 2.45) is 0 Å². The first-order valence-corrected chi connectivity index (χ1v) is 44.9. The van der Waals surface area contributed by atoms with E-state index in [1.165, 1.54) is 173 Å². The first-order chi connectivity index (χ1) is 49.7. The third-order valence-corrected chi connectivity index (χ3v) is 20.2. The zero-order valence-corrected chi connectivity index (χ0v) is 67.3. The smallest absolute Gasteiger partial charge is 0.462 e. The molecule has 0 aliphatic heterocycles. The third-order valence-electron chi connectivity index (χ3n) is 18.3. The third kappa shape index (κ3) is 75.3. The van der Waals surface area contributed by atoms with Crippen molar-refractivity contribution >= 4 is 39.5 Å². The van der Waals surface area contributed by atoms with Gasteiger partial charge in [0.05, 0.1) is 26.4 Å². The summed E-state index contributed by atoms with van der Waals surface area (Å²) < 4.78 is 68.8. The van der Waals surface area contributed by atoms with Crippen LogP contribution in [0.1, 0.15) is 400 Å². The molecule has 0 aromatic heterocycles. The summed E-state index contributed by atoms with van der Waals surface area (Å²) in [6.07, 6.45) is 75.0. The molecule has 0 radical (unpaired) electrons. The van der Waals surface area contributed by atoms with E-state index in [1.807, 2.05) is 0 Å². The number of carbonyl (C=O) groups is 4. The lowest BCUT2D eigenvalue weighted by Crippen LogP contribution is -2.30. The fourth-order valence-corrected chi connectivity index (χ4v) is 13.5. The van der Waals surface area contributed by atoms with Gasteiger partial charge >= 0.3 is 39.5 Å². The number of esters is 4. The molecule has 0 aromatic rings. The van der Waals surface area contributed by atoms with E-state index in [-0.39, 0.29) is 25.7 Å². The predicted octanol–water partition coefficient (Wildman–Crippen LogP) is 24.5. The minimum atomic E-state index is -4.97. The van der Waals surface area contributed by atoms with Crippen molar-refractivity contribution in [2.45, 2.75) is 418 Å². The zero-order chi connectivity index (χ0) is 74.6. The van der Waals surface area contributed by atoms with E-state index < -0.39 is 97.5 Å². The van der Waals surface area contributed by atoms with E-state index in [9.17, 15) is 43.2 Å². The van der Waals surface area contributed by atoms with E-state index >= 15 is 0 Å². The quantitative estimate of drug-likeness (QED) is 0.0169. The van der Waals surface area contributed by atoms with Crippen LogP contribution in [-0.2, 0) is 65.4 Å². The fraction of sp³-hybridized carbons (Fsp3) is 0.855. The minimum absolute atomic E-state index is 0.0880. The van der Waals surface area contributed by atoms with Crippen molar-refractivity contribution in [1.82, 2.24) is 0 Å². The number of hydrogen-bond donors (Lipinski definition) is 3. The van der Waals surface area contributed by atoms with Gasteiger partial charge in [-0.2, -0.15) is 0 Å². The van der Waals surface area contributed by atoms with Gasteiger partial charge in [-0.25, -0.2) is 9.13 Å². The summed E-state index contributed by atoms with van der Waals surface area (Å²) in [5, 5.41) is 10.7. The Hall–Kier alpha value is -2.98. The van der Waals surface area contributed by atoms with E-state index in [1.54, 1.807) is 0 Å². The van der Waals surface area contributed by atoms with Crippen LogP contribution in [-0.4, -0.2) is 96.7 Å². The van der Waals surface area contributed by atoms with Gasteiger partial charge in [0, 0.05) is 25.7 Å². The van der Waals surface area contributed by atoms with Gasteiger partial charge in [0.1, 0.15) is 19.3 Å². The Bertz CT molecular complexity index is 2120. The van der Waals surface area contributed by atoms with Crippen LogP contribution in [0.5, 0.6) is 0 Å². The van der Waals surface area contributed by atoms with Crippen LogP contribution in [0.2, 0.25) is 0 Å². The van der Waals surface area contributed by atoms with Crippen molar-refractivity contribution in [3.8, 4) is 0 Å². The number of phosphoric ester groups is 2. The van der Waals surface area contributed by atoms with Crippen LogP contribution in [0.25, 0.3) is 0 Å². The van der Waals surface area contributed by atoms with Crippen LogP contribution < -0.4 is 0 Å². The molecule has 0 aliphatic carbocycles. The largest absolute Gasteiger partial charge is 0.472 e. The minimum Gasteiger partial charge on any atom is -0.462 e. The molecular formula is C83H154O17P2. The van der Waals surface area contributed by atoms with Crippen molar-refractivity contribution in [1.29, 1.82) is 0 Å². The molecule has 0 fully saturated rings. The highest BCUT2D eigenvalue weighted by Crippen LogP contribution is 2.45. The topological polar surface area (TPSA) is 237 Å². The van der Waals surface area contributed by atoms with Gasteiger partial charge in [-0.15, -0.1) is 0 Å². The molecule has 0 aliphatic rings. The zero-order valence-electron chi connectivity index (χ0n) is 65.6. The van der Waals surface area contributed by atoms with Crippen LogP contribution in [0.4, 0.5) is 0 Å². The second kappa shape index (κ2) is 76.2. The Balaban J connectivity index is 5.32. The molecule has 19 heteroatoms. The lowest BCUT2D eigenvalue weighted by molar-refractivity contribution is -0.161. The molecule has 0 saturated carbocycles. The summed E-state index contributed by atoms with van der Waals surface area (Å²) in [6, 6.07) is 0. The SMILES string of the molecule is CC/C=C\C/C=C\C/C=C\CCCCCCCCCC(=O)OCC(COP(=O)(O)OCC(O)COP(=O)(O)OCC(COC(=O)CCCCCCCCCCCCCCCCC)OC(=O)CCCCCCCCCCCCCCCCC)OC(=O)CCCCCCC/C=C\CCCCCCCC. The van der Waals surface area contributed by atoms with E-state index in [0.29, 0.717) is 25.7 Å². The maximum Gasteiger partial charge on any atom is 0.472 e. The molecule has 5 atom stereocenters. The highest BCUT2D eigenvalue weighted by molar-refractivity contribution is 7.47. The Morgan fingerprint density at radius 1 is 0.284 bits per heavy atom. The summed E-state index contributed by atoms with van der Waals surface area (Å²) in [7, 11) is -9.94. The second-order valence-electron chi connectivity index (χ2n) is 28.4. The Labute approximate surface area is 623 Å². The fourth-order valence-electron chi connectivity index (χ4n) is 11.9. The molecule has 3 N–H and O–H groups in total. The van der Waals surface area contributed by atoms with Gasteiger partial charge in [0.25, 0.3) is 0 Å². The first-order valence-electron chi connectivity index (χ1n) is 41.9. The maximum absolute atomic E-state index is 13.1. The number of allylic oxidation sites excluding steroid dienone is 8. The average molecular weight is 1490 g/mol. The summed E-state index contributed by atoms with van der Waals surface area (Å²) in [6.45, 7) is 4.86. The molecule has 17 nitrogen and oxygen atoms in total. The molecule has 0 saturated heterocycles. The normalized spacial score (nSPS) is 14.1.